The molecule has 0 heterocycles. The molecule has 2 N–H and O–H groups in total. The van der Waals surface area contributed by atoms with Crippen LogP contribution in [0.3, 0.4) is 0 Å². The van der Waals surface area contributed by atoms with E-state index in [2.05, 4.69) is 9.78 Å². The van der Waals surface area contributed by atoms with Gasteiger partial charge in [0.2, 0.25) is 0 Å². The monoisotopic (exact) mass is 147 g/mol. The lowest BCUT2D eigenvalue weighted by molar-refractivity contribution is -0.296. The third kappa shape index (κ3) is 5.53. The van der Waals surface area contributed by atoms with Crippen molar-refractivity contribution in [2.24, 2.45) is 5.73 Å². The van der Waals surface area contributed by atoms with Crippen LogP contribution in [0.25, 0.3) is 0 Å². The number of carbonyl (C=O) groups excluding carboxylic acids is 1. The minimum atomic E-state index is -0.492. The van der Waals surface area contributed by atoms with Crippen LogP contribution >= 0.6 is 0 Å². The summed E-state index contributed by atoms with van der Waals surface area (Å²) in [5.74, 6) is -0.480. The topological polar surface area (TPSA) is 61.6 Å². The molecule has 0 aliphatic rings. The highest BCUT2D eigenvalue weighted by molar-refractivity contribution is 5.65. The Labute approximate surface area is 60.2 Å². The number of carbonyl (C=O) groups is 1. The van der Waals surface area contributed by atoms with Gasteiger partial charge in [0.15, 0.2) is 6.23 Å². The Morgan fingerprint density at radius 2 is 2.30 bits per heavy atom. The fourth-order valence-corrected chi connectivity index (χ4v) is 0.462. The first-order chi connectivity index (χ1) is 4.66. The van der Waals surface area contributed by atoms with Gasteiger partial charge in [-0.25, -0.2) is 4.79 Å². The maximum absolute atomic E-state index is 10.1. The fraction of sp³-hybridized carbons (Fsp3) is 0.833. The van der Waals surface area contributed by atoms with Gasteiger partial charge in [0.05, 0.1) is 0 Å². The van der Waals surface area contributed by atoms with E-state index >= 15 is 0 Å². The van der Waals surface area contributed by atoms with E-state index in [1.807, 2.05) is 6.92 Å². The SMILES string of the molecule is CCCC(N)OOC(C)=O. The van der Waals surface area contributed by atoms with E-state index in [9.17, 15) is 4.79 Å². The van der Waals surface area contributed by atoms with E-state index < -0.39 is 12.2 Å². The molecule has 0 aliphatic carbocycles. The molecule has 0 fully saturated rings. The van der Waals surface area contributed by atoms with Crippen LogP contribution in [-0.2, 0) is 14.6 Å². The Balaban J connectivity index is 3.21. The zero-order chi connectivity index (χ0) is 7.98. The minimum Gasteiger partial charge on any atom is -0.303 e. The van der Waals surface area contributed by atoms with E-state index in [0.717, 1.165) is 6.42 Å². The van der Waals surface area contributed by atoms with Gasteiger partial charge in [-0.3, -0.25) is 4.89 Å². The maximum atomic E-state index is 10.1. The van der Waals surface area contributed by atoms with Crippen molar-refractivity contribution >= 4 is 5.97 Å². The molecule has 0 saturated heterocycles. The number of nitrogens with two attached hydrogens (primary N) is 1. The van der Waals surface area contributed by atoms with Gasteiger partial charge >= 0.3 is 5.97 Å². The Bertz CT molecular complexity index is 105. The molecule has 0 spiro atoms. The molecule has 1 atom stereocenters. The molecule has 4 heteroatoms. The minimum absolute atomic E-state index is 0.480. The Morgan fingerprint density at radius 1 is 1.70 bits per heavy atom. The summed E-state index contributed by atoms with van der Waals surface area (Å²) in [6.45, 7) is 3.23. The van der Waals surface area contributed by atoms with Crippen molar-refractivity contribution in [3.8, 4) is 0 Å². The first-order valence-corrected chi connectivity index (χ1v) is 3.26. The second-order valence-electron chi connectivity index (χ2n) is 2.00. The van der Waals surface area contributed by atoms with Crippen LogP contribution in [0.1, 0.15) is 26.7 Å². The predicted molar refractivity (Wildman–Crippen MR) is 35.7 cm³/mol. The largest absolute Gasteiger partial charge is 0.339 e. The van der Waals surface area contributed by atoms with E-state index in [0.29, 0.717) is 6.42 Å². The van der Waals surface area contributed by atoms with Gasteiger partial charge in [0.1, 0.15) is 0 Å². The van der Waals surface area contributed by atoms with Crippen LogP contribution in [0, 0.1) is 0 Å². The summed E-state index contributed by atoms with van der Waals surface area (Å²) in [7, 11) is 0. The maximum Gasteiger partial charge on any atom is 0.339 e. The van der Waals surface area contributed by atoms with E-state index in [1.54, 1.807) is 0 Å². The van der Waals surface area contributed by atoms with E-state index in [-0.39, 0.29) is 0 Å². The molecule has 0 aromatic carbocycles. The summed E-state index contributed by atoms with van der Waals surface area (Å²) in [5, 5.41) is 0. The Morgan fingerprint density at radius 3 is 2.70 bits per heavy atom. The lowest BCUT2D eigenvalue weighted by Gasteiger charge is -2.07. The lowest BCUT2D eigenvalue weighted by Crippen LogP contribution is -2.24. The highest BCUT2D eigenvalue weighted by Crippen LogP contribution is 1.95. The lowest BCUT2D eigenvalue weighted by atomic mass is 10.3. The normalized spacial score (nSPS) is 12.7. The molecule has 4 nitrogen and oxygen atoms in total. The van der Waals surface area contributed by atoms with Gasteiger partial charge in [-0.05, 0) is 6.42 Å². The van der Waals surface area contributed by atoms with Crippen LogP contribution < -0.4 is 5.73 Å². The van der Waals surface area contributed by atoms with Gasteiger partial charge in [0.25, 0.3) is 0 Å². The molecule has 0 aromatic heterocycles. The number of rotatable bonds is 4. The van der Waals surface area contributed by atoms with Crippen LogP contribution in [0.15, 0.2) is 0 Å². The first-order valence-electron chi connectivity index (χ1n) is 3.26. The number of hydrogen-bond acceptors (Lipinski definition) is 4. The highest BCUT2D eigenvalue weighted by atomic mass is 17.2. The van der Waals surface area contributed by atoms with Gasteiger partial charge < -0.3 is 5.73 Å². The summed E-state index contributed by atoms with van der Waals surface area (Å²) in [5.41, 5.74) is 5.33. The molecular weight excluding hydrogens is 134 g/mol. The molecule has 1 unspecified atom stereocenters. The molecule has 0 radical (unpaired) electrons. The Kier molecular flexibility index (Phi) is 4.88. The van der Waals surface area contributed by atoms with Gasteiger partial charge in [-0.1, -0.05) is 13.3 Å². The average molecular weight is 147 g/mol. The van der Waals surface area contributed by atoms with Crippen molar-refractivity contribution in [3.05, 3.63) is 0 Å². The summed E-state index contributed by atoms with van der Waals surface area (Å²) in [4.78, 5) is 18.8. The zero-order valence-corrected chi connectivity index (χ0v) is 6.29. The second kappa shape index (κ2) is 5.20. The van der Waals surface area contributed by atoms with Crippen molar-refractivity contribution in [1.82, 2.24) is 0 Å². The van der Waals surface area contributed by atoms with Crippen molar-refractivity contribution < 1.29 is 14.6 Å². The molecule has 10 heavy (non-hydrogen) atoms. The third-order valence-electron chi connectivity index (χ3n) is 0.862. The fourth-order valence-electron chi connectivity index (χ4n) is 0.462. The van der Waals surface area contributed by atoms with Crippen LogP contribution in [0.4, 0.5) is 0 Å². The second-order valence-corrected chi connectivity index (χ2v) is 2.00. The van der Waals surface area contributed by atoms with Crippen molar-refractivity contribution in [1.29, 1.82) is 0 Å². The van der Waals surface area contributed by atoms with Crippen LogP contribution in [-0.4, -0.2) is 12.2 Å². The molecule has 0 aromatic rings. The molecule has 0 amide bonds. The van der Waals surface area contributed by atoms with Crippen molar-refractivity contribution in [3.63, 3.8) is 0 Å². The predicted octanol–water partition coefficient (Wildman–Crippen LogP) is 0.566. The third-order valence-corrected chi connectivity index (χ3v) is 0.862. The highest BCUT2D eigenvalue weighted by Gasteiger charge is 2.02. The van der Waals surface area contributed by atoms with Crippen LogP contribution in [0.5, 0.6) is 0 Å². The van der Waals surface area contributed by atoms with E-state index in [4.69, 9.17) is 5.73 Å². The van der Waals surface area contributed by atoms with Gasteiger partial charge in [0, 0.05) is 6.92 Å². The molecular formula is C6H13NO3. The average Bonchev–Trinajstić information content (AvgIpc) is 1.85. The van der Waals surface area contributed by atoms with Gasteiger partial charge in [-0.15, -0.1) is 0 Å². The summed E-state index contributed by atoms with van der Waals surface area (Å²) in [6.07, 6.45) is 1.10. The molecule has 60 valence electrons. The molecule has 0 rings (SSSR count). The molecule has 0 saturated carbocycles. The molecule has 0 aliphatic heterocycles. The standard InChI is InChI=1S/C6H13NO3/c1-3-4-6(7)10-9-5(2)8/h6H,3-4,7H2,1-2H3. The van der Waals surface area contributed by atoms with Crippen molar-refractivity contribution in [2.75, 3.05) is 0 Å². The van der Waals surface area contributed by atoms with Crippen molar-refractivity contribution in [2.45, 2.75) is 32.9 Å². The molecule has 0 bridgehead atoms. The van der Waals surface area contributed by atoms with Gasteiger partial charge in [-0.2, -0.15) is 4.89 Å². The summed E-state index contributed by atoms with van der Waals surface area (Å²) in [6, 6.07) is 0. The van der Waals surface area contributed by atoms with E-state index in [1.165, 1.54) is 6.92 Å². The summed E-state index contributed by atoms with van der Waals surface area (Å²) < 4.78 is 0. The quantitative estimate of drug-likeness (QED) is 0.358. The summed E-state index contributed by atoms with van der Waals surface area (Å²) >= 11 is 0. The smallest absolute Gasteiger partial charge is 0.303 e. The Hall–Kier alpha value is -0.610. The number of hydrogen-bond donors (Lipinski definition) is 1. The van der Waals surface area contributed by atoms with Crippen LogP contribution in [0.2, 0.25) is 0 Å². The zero-order valence-electron chi connectivity index (χ0n) is 6.29. The first kappa shape index (κ1) is 9.39.